The molecule has 1 atom stereocenters. The van der Waals surface area contributed by atoms with Crippen molar-refractivity contribution in [1.29, 1.82) is 0 Å². The average molecular weight is 202 g/mol. The molecule has 0 saturated carbocycles. The number of carboxylic acids is 1. The van der Waals surface area contributed by atoms with Gasteiger partial charge >= 0.3 is 5.97 Å². The minimum absolute atomic E-state index is 0.243. The number of rotatable bonds is 9. The molecule has 0 aliphatic carbocycles. The first-order valence-corrected chi connectivity index (χ1v) is 4.62. The summed E-state index contributed by atoms with van der Waals surface area (Å²) in [5, 5.41) is 8.81. The zero-order valence-corrected chi connectivity index (χ0v) is 8.57. The Bertz CT molecular complexity index is 168. The first kappa shape index (κ1) is 13.1. The minimum Gasteiger partial charge on any atom is -0.481 e. The third-order valence-corrected chi connectivity index (χ3v) is 1.82. The molecular formula is C10H18O4. The van der Waals surface area contributed by atoms with E-state index >= 15 is 0 Å². The maximum atomic E-state index is 10.7. The Labute approximate surface area is 84.5 Å². The second-order valence-electron chi connectivity index (χ2n) is 2.97. The lowest BCUT2D eigenvalue weighted by Crippen LogP contribution is -2.20. The lowest BCUT2D eigenvalue weighted by molar-refractivity contribution is -0.144. The molecule has 1 N–H and O–H groups in total. The van der Waals surface area contributed by atoms with Crippen molar-refractivity contribution in [1.82, 2.24) is 0 Å². The Hall–Kier alpha value is -0.870. The van der Waals surface area contributed by atoms with Crippen LogP contribution >= 0.6 is 0 Å². The summed E-state index contributed by atoms with van der Waals surface area (Å²) in [6.45, 7) is 4.72. The van der Waals surface area contributed by atoms with Crippen LogP contribution in [-0.2, 0) is 14.3 Å². The molecule has 0 aromatic rings. The van der Waals surface area contributed by atoms with Crippen LogP contribution in [0.2, 0.25) is 0 Å². The Kier molecular flexibility index (Phi) is 8.17. The number of carboxylic acid groups (broad SMARTS) is 1. The summed E-state index contributed by atoms with van der Waals surface area (Å²) in [6.07, 6.45) is 2.99. The van der Waals surface area contributed by atoms with E-state index in [1.165, 1.54) is 0 Å². The number of methoxy groups -OCH3 is 1. The van der Waals surface area contributed by atoms with E-state index in [4.69, 9.17) is 14.6 Å². The molecule has 0 unspecified atom stereocenters. The Morgan fingerprint density at radius 3 is 2.79 bits per heavy atom. The van der Waals surface area contributed by atoms with Crippen molar-refractivity contribution in [3.05, 3.63) is 12.7 Å². The SMILES string of the molecule is C=CCC[C@@H](COCCOC)C(=O)O. The topological polar surface area (TPSA) is 55.8 Å². The standard InChI is InChI=1S/C10H18O4/c1-3-4-5-9(10(11)12)8-14-7-6-13-2/h3,9H,1,4-8H2,2H3,(H,11,12)/t9-/m0/s1. The number of ether oxygens (including phenoxy) is 2. The molecule has 4 nitrogen and oxygen atoms in total. The predicted molar refractivity (Wildman–Crippen MR) is 53.3 cm³/mol. The molecular weight excluding hydrogens is 184 g/mol. The summed E-state index contributed by atoms with van der Waals surface area (Å²) in [5.41, 5.74) is 0. The van der Waals surface area contributed by atoms with E-state index in [1.807, 2.05) is 0 Å². The molecule has 0 aliphatic rings. The highest BCUT2D eigenvalue weighted by Gasteiger charge is 2.16. The fourth-order valence-corrected chi connectivity index (χ4v) is 0.965. The number of hydrogen-bond acceptors (Lipinski definition) is 3. The van der Waals surface area contributed by atoms with E-state index in [2.05, 4.69) is 6.58 Å². The fraction of sp³-hybridized carbons (Fsp3) is 0.700. The van der Waals surface area contributed by atoms with Crippen LogP contribution in [0.1, 0.15) is 12.8 Å². The minimum atomic E-state index is -0.815. The molecule has 14 heavy (non-hydrogen) atoms. The zero-order chi connectivity index (χ0) is 10.8. The van der Waals surface area contributed by atoms with Crippen molar-refractivity contribution in [2.45, 2.75) is 12.8 Å². The summed E-state index contributed by atoms with van der Waals surface area (Å²) in [5.74, 6) is -1.26. The molecule has 82 valence electrons. The van der Waals surface area contributed by atoms with Crippen LogP contribution in [0.5, 0.6) is 0 Å². The second kappa shape index (κ2) is 8.72. The van der Waals surface area contributed by atoms with Gasteiger partial charge in [0.15, 0.2) is 0 Å². The molecule has 0 aliphatic heterocycles. The van der Waals surface area contributed by atoms with Gasteiger partial charge in [-0.15, -0.1) is 6.58 Å². The lowest BCUT2D eigenvalue weighted by Gasteiger charge is -2.11. The molecule has 0 amide bonds. The first-order valence-electron chi connectivity index (χ1n) is 4.62. The second-order valence-corrected chi connectivity index (χ2v) is 2.97. The molecule has 0 heterocycles. The third-order valence-electron chi connectivity index (χ3n) is 1.82. The van der Waals surface area contributed by atoms with Crippen LogP contribution in [0.3, 0.4) is 0 Å². The van der Waals surface area contributed by atoms with E-state index in [0.717, 1.165) is 0 Å². The summed E-state index contributed by atoms with van der Waals surface area (Å²) >= 11 is 0. The van der Waals surface area contributed by atoms with E-state index in [9.17, 15) is 4.79 Å². The third kappa shape index (κ3) is 6.62. The summed E-state index contributed by atoms with van der Waals surface area (Å²) < 4.78 is 9.93. The fourth-order valence-electron chi connectivity index (χ4n) is 0.965. The van der Waals surface area contributed by atoms with Gasteiger partial charge in [0, 0.05) is 7.11 Å². The van der Waals surface area contributed by atoms with Gasteiger partial charge in [-0.1, -0.05) is 6.08 Å². The summed E-state index contributed by atoms with van der Waals surface area (Å²) in [4.78, 5) is 10.7. The highest BCUT2D eigenvalue weighted by Crippen LogP contribution is 2.07. The molecule has 0 rings (SSSR count). The van der Waals surface area contributed by atoms with Crippen LogP contribution in [0, 0.1) is 5.92 Å². The Morgan fingerprint density at radius 1 is 1.57 bits per heavy atom. The van der Waals surface area contributed by atoms with E-state index in [0.29, 0.717) is 26.1 Å². The van der Waals surface area contributed by atoms with Crippen LogP contribution in [0.4, 0.5) is 0 Å². The molecule has 0 bridgehead atoms. The predicted octanol–water partition coefficient (Wildman–Crippen LogP) is 1.32. The van der Waals surface area contributed by atoms with Crippen molar-refractivity contribution < 1.29 is 19.4 Å². The number of allylic oxidation sites excluding steroid dienone is 1. The van der Waals surface area contributed by atoms with Crippen LogP contribution in [0.25, 0.3) is 0 Å². The zero-order valence-electron chi connectivity index (χ0n) is 8.57. The van der Waals surface area contributed by atoms with Crippen molar-refractivity contribution >= 4 is 5.97 Å². The Balaban J connectivity index is 3.62. The van der Waals surface area contributed by atoms with Gasteiger partial charge in [0.05, 0.1) is 25.7 Å². The molecule has 0 radical (unpaired) electrons. The van der Waals surface area contributed by atoms with Crippen molar-refractivity contribution in [2.75, 3.05) is 26.9 Å². The van der Waals surface area contributed by atoms with Gasteiger partial charge in [-0.05, 0) is 12.8 Å². The summed E-state index contributed by atoms with van der Waals surface area (Å²) in [7, 11) is 1.58. The maximum Gasteiger partial charge on any atom is 0.308 e. The van der Waals surface area contributed by atoms with Gasteiger partial charge in [-0.2, -0.15) is 0 Å². The van der Waals surface area contributed by atoms with Crippen LogP contribution in [-0.4, -0.2) is 38.0 Å². The highest BCUT2D eigenvalue weighted by molar-refractivity contribution is 5.70. The van der Waals surface area contributed by atoms with E-state index in [-0.39, 0.29) is 6.61 Å². The van der Waals surface area contributed by atoms with Gasteiger partial charge in [0.25, 0.3) is 0 Å². The van der Waals surface area contributed by atoms with Crippen LogP contribution in [0.15, 0.2) is 12.7 Å². The van der Waals surface area contributed by atoms with Crippen molar-refractivity contribution in [2.24, 2.45) is 5.92 Å². The molecule has 0 spiro atoms. The normalized spacial score (nSPS) is 12.4. The van der Waals surface area contributed by atoms with Crippen molar-refractivity contribution in [3.63, 3.8) is 0 Å². The molecule has 0 saturated heterocycles. The smallest absolute Gasteiger partial charge is 0.308 e. The van der Waals surface area contributed by atoms with Gasteiger partial charge in [0.1, 0.15) is 0 Å². The molecule has 0 fully saturated rings. The quantitative estimate of drug-likeness (QED) is 0.452. The number of aliphatic carboxylic acids is 1. The van der Waals surface area contributed by atoms with E-state index < -0.39 is 11.9 Å². The monoisotopic (exact) mass is 202 g/mol. The highest BCUT2D eigenvalue weighted by atomic mass is 16.5. The largest absolute Gasteiger partial charge is 0.481 e. The van der Waals surface area contributed by atoms with Gasteiger partial charge < -0.3 is 14.6 Å². The molecule has 4 heteroatoms. The van der Waals surface area contributed by atoms with Crippen molar-refractivity contribution in [3.8, 4) is 0 Å². The van der Waals surface area contributed by atoms with E-state index in [1.54, 1.807) is 13.2 Å². The summed E-state index contributed by atoms with van der Waals surface area (Å²) in [6, 6.07) is 0. The van der Waals surface area contributed by atoms with Gasteiger partial charge in [-0.25, -0.2) is 0 Å². The molecule has 0 aromatic heterocycles. The van der Waals surface area contributed by atoms with Gasteiger partial charge in [-0.3, -0.25) is 4.79 Å². The maximum absolute atomic E-state index is 10.7. The lowest BCUT2D eigenvalue weighted by atomic mass is 10.1. The van der Waals surface area contributed by atoms with Gasteiger partial charge in [0.2, 0.25) is 0 Å². The van der Waals surface area contributed by atoms with Crippen LogP contribution < -0.4 is 0 Å². The first-order chi connectivity index (χ1) is 6.72. The Morgan fingerprint density at radius 2 is 2.29 bits per heavy atom. The number of hydrogen-bond donors (Lipinski definition) is 1. The molecule has 0 aromatic carbocycles. The number of carbonyl (C=O) groups is 1. The average Bonchev–Trinajstić information content (AvgIpc) is 2.16.